The second-order valence-electron chi connectivity index (χ2n) is 4.15. The Morgan fingerprint density at radius 3 is 2.72 bits per heavy atom. The van der Waals surface area contributed by atoms with Gasteiger partial charge in [0.15, 0.2) is 0 Å². The Hall–Kier alpha value is -1.81. The predicted octanol–water partition coefficient (Wildman–Crippen LogP) is 2.13. The highest BCUT2D eigenvalue weighted by Gasteiger charge is 2.18. The van der Waals surface area contributed by atoms with Crippen molar-refractivity contribution in [1.82, 2.24) is 15.1 Å². The van der Waals surface area contributed by atoms with Crippen LogP contribution in [0.25, 0.3) is 0 Å². The summed E-state index contributed by atoms with van der Waals surface area (Å²) in [5.74, 6) is 0.883. The van der Waals surface area contributed by atoms with Gasteiger partial charge in [-0.15, -0.1) is 0 Å². The first-order valence-electron chi connectivity index (χ1n) is 6.12. The number of rotatable bonds is 5. The van der Waals surface area contributed by atoms with Gasteiger partial charge in [0.25, 0.3) is 0 Å². The molecule has 0 aliphatic heterocycles. The third-order valence-corrected chi connectivity index (χ3v) is 2.89. The Labute approximate surface area is 108 Å². The zero-order chi connectivity index (χ0) is 13.0. The molecule has 0 aliphatic carbocycles. The van der Waals surface area contributed by atoms with Crippen LogP contribution in [-0.2, 0) is 7.05 Å². The van der Waals surface area contributed by atoms with Gasteiger partial charge in [0.2, 0.25) is 0 Å². The maximum Gasteiger partial charge on any atom is 0.124 e. The van der Waals surface area contributed by atoms with Gasteiger partial charge in [-0.25, -0.2) is 0 Å². The van der Waals surface area contributed by atoms with Crippen LogP contribution in [0.3, 0.4) is 0 Å². The molecule has 0 bridgehead atoms. The molecule has 0 radical (unpaired) electrons. The zero-order valence-electron chi connectivity index (χ0n) is 11.1. The van der Waals surface area contributed by atoms with Gasteiger partial charge in [-0.2, -0.15) is 5.10 Å². The number of aromatic nitrogens is 2. The molecule has 18 heavy (non-hydrogen) atoms. The fourth-order valence-electron chi connectivity index (χ4n) is 2.07. The van der Waals surface area contributed by atoms with Crippen LogP contribution < -0.4 is 10.1 Å². The lowest BCUT2D eigenvalue weighted by molar-refractivity contribution is 0.403. The van der Waals surface area contributed by atoms with Crippen molar-refractivity contribution in [3.05, 3.63) is 47.8 Å². The van der Waals surface area contributed by atoms with Gasteiger partial charge in [-0.05, 0) is 18.7 Å². The summed E-state index contributed by atoms with van der Waals surface area (Å²) in [6.45, 7) is 2.96. The predicted molar refractivity (Wildman–Crippen MR) is 71.7 cm³/mol. The summed E-state index contributed by atoms with van der Waals surface area (Å²) < 4.78 is 7.24. The number of hydrogen-bond donors (Lipinski definition) is 1. The molecule has 1 aromatic carbocycles. The van der Waals surface area contributed by atoms with Crippen LogP contribution in [0.15, 0.2) is 36.5 Å². The highest BCUT2D eigenvalue weighted by Crippen LogP contribution is 2.28. The summed E-state index contributed by atoms with van der Waals surface area (Å²) in [6.07, 6.45) is 1.95. The Balaban J connectivity index is 2.41. The Morgan fingerprint density at radius 1 is 1.33 bits per heavy atom. The Bertz CT molecular complexity index is 507. The van der Waals surface area contributed by atoms with Gasteiger partial charge >= 0.3 is 0 Å². The minimum absolute atomic E-state index is 0.0624. The molecule has 0 fully saturated rings. The van der Waals surface area contributed by atoms with Crippen LogP contribution >= 0.6 is 0 Å². The second kappa shape index (κ2) is 5.69. The van der Waals surface area contributed by atoms with Gasteiger partial charge in [0.05, 0.1) is 18.8 Å². The van der Waals surface area contributed by atoms with E-state index in [1.165, 1.54) is 0 Å². The summed E-state index contributed by atoms with van der Waals surface area (Å²) in [4.78, 5) is 0. The van der Waals surface area contributed by atoms with Gasteiger partial charge in [-0.3, -0.25) is 4.68 Å². The summed E-state index contributed by atoms with van der Waals surface area (Å²) in [7, 11) is 3.62. The lowest BCUT2D eigenvalue weighted by atomic mass is 10.0. The van der Waals surface area contributed by atoms with Gasteiger partial charge in [0.1, 0.15) is 5.75 Å². The second-order valence-corrected chi connectivity index (χ2v) is 4.15. The standard InChI is InChI=1S/C14H19N3O/c1-4-15-14(12-9-10-17(2)16-12)11-7-5-6-8-13(11)18-3/h5-10,14-15H,4H2,1-3H3. The number of hydrogen-bond acceptors (Lipinski definition) is 3. The number of ether oxygens (including phenoxy) is 1. The van der Waals surface area contributed by atoms with Crippen molar-refractivity contribution in [2.45, 2.75) is 13.0 Å². The summed E-state index contributed by atoms with van der Waals surface area (Å²) >= 11 is 0. The summed E-state index contributed by atoms with van der Waals surface area (Å²) in [6, 6.07) is 10.1. The molecule has 0 amide bonds. The molecule has 4 heteroatoms. The third-order valence-electron chi connectivity index (χ3n) is 2.89. The van der Waals surface area contributed by atoms with E-state index in [2.05, 4.69) is 23.4 Å². The number of aryl methyl sites for hydroxylation is 1. The molecule has 4 nitrogen and oxygen atoms in total. The average Bonchev–Trinajstić information content (AvgIpc) is 2.82. The van der Waals surface area contributed by atoms with E-state index < -0.39 is 0 Å². The molecular weight excluding hydrogens is 226 g/mol. The van der Waals surface area contributed by atoms with Crippen LogP contribution in [0, 0.1) is 0 Å². The topological polar surface area (TPSA) is 39.1 Å². The zero-order valence-corrected chi connectivity index (χ0v) is 11.1. The lowest BCUT2D eigenvalue weighted by Crippen LogP contribution is -2.23. The van der Waals surface area contributed by atoms with E-state index >= 15 is 0 Å². The Morgan fingerprint density at radius 2 is 2.11 bits per heavy atom. The third kappa shape index (κ3) is 2.54. The quantitative estimate of drug-likeness (QED) is 0.877. The molecule has 1 N–H and O–H groups in total. The van der Waals surface area contributed by atoms with Crippen LogP contribution in [0.5, 0.6) is 5.75 Å². The highest BCUT2D eigenvalue weighted by molar-refractivity contribution is 5.39. The number of para-hydroxylation sites is 1. The molecule has 0 aliphatic rings. The van der Waals surface area contributed by atoms with Gasteiger partial charge in [-0.1, -0.05) is 25.1 Å². The molecule has 0 saturated heterocycles. The van der Waals surface area contributed by atoms with E-state index in [0.29, 0.717) is 0 Å². The van der Waals surface area contributed by atoms with E-state index in [4.69, 9.17) is 4.74 Å². The molecule has 1 heterocycles. The normalized spacial score (nSPS) is 12.4. The first-order chi connectivity index (χ1) is 8.76. The van der Waals surface area contributed by atoms with E-state index in [1.54, 1.807) is 7.11 Å². The smallest absolute Gasteiger partial charge is 0.124 e. The average molecular weight is 245 g/mol. The van der Waals surface area contributed by atoms with Crippen molar-refractivity contribution in [1.29, 1.82) is 0 Å². The van der Waals surface area contributed by atoms with Crippen LogP contribution in [0.4, 0.5) is 0 Å². The summed E-state index contributed by atoms with van der Waals surface area (Å²) in [5, 5.41) is 7.93. The largest absolute Gasteiger partial charge is 0.496 e. The maximum absolute atomic E-state index is 5.43. The van der Waals surface area contributed by atoms with E-state index in [0.717, 1.165) is 23.6 Å². The molecule has 96 valence electrons. The molecule has 2 rings (SSSR count). The van der Waals surface area contributed by atoms with Crippen molar-refractivity contribution in [2.75, 3.05) is 13.7 Å². The molecular formula is C14H19N3O. The molecule has 2 aromatic rings. The number of nitrogens with zero attached hydrogens (tertiary/aromatic N) is 2. The molecule has 0 saturated carbocycles. The monoisotopic (exact) mass is 245 g/mol. The fourth-order valence-corrected chi connectivity index (χ4v) is 2.07. The van der Waals surface area contributed by atoms with Crippen molar-refractivity contribution in [3.63, 3.8) is 0 Å². The summed E-state index contributed by atoms with van der Waals surface area (Å²) in [5.41, 5.74) is 2.12. The fraction of sp³-hybridized carbons (Fsp3) is 0.357. The van der Waals surface area contributed by atoms with E-state index in [9.17, 15) is 0 Å². The minimum atomic E-state index is 0.0624. The molecule has 1 aromatic heterocycles. The molecule has 1 unspecified atom stereocenters. The van der Waals surface area contributed by atoms with Crippen LogP contribution in [0.2, 0.25) is 0 Å². The Kier molecular flexibility index (Phi) is 3.99. The lowest BCUT2D eigenvalue weighted by Gasteiger charge is -2.18. The minimum Gasteiger partial charge on any atom is -0.496 e. The number of methoxy groups -OCH3 is 1. The van der Waals surface area contributed by atoms with E-state index in [-0.39, 0.29) is 6.04 Å². The molecule has 1 atom stereocenters. The SMILES string of the molecule is CCNC(c1ccn(C)n1)c1ccccc1OC. The van der Waals surface area contributed by atoms with Crippen molar-refractivity contribution in [3.8, 4) is 5.75 Å². The van der Waals surface area contributed by atoms with Crippen molar-refractivity contribution in [2.24, 2.45) is 7.05 Å². The van der Waals surface area contributed by atoms with Gasteiger partial charge in [0, 0.05) is 18.8 Å². The molecule has 0 spiro atoms. The van der Waals surface area contributed by atoms with Crippen LogP contribution in [0.1, 0.15) is 24.2 Å². The van der Waals surface area contributed by atoms with Crippen molar-refractivity contribution < 1.29 is 4.74 Å². The van der Waals surface area contributed by atoms with Crippen LogP contribution in [-0.4, -0.2) is 23.4 Å². The van der Waals surface area contributed by atoms with E-state index in [1.807, 2.05) is 42.2 Å². The first-order valence-corrected chi connectivity index (χ1v) is 6.12. The van der Waals surface area contributed by atoms with Crippen molar-refractivity contribution >= 4 is 0 Å². The van der Waals surface area contributed by atoms with Gasteiger partial charge < -0.3 is 10.1 Å². The first kappa shape index (κ1) is 12.6. The number of benzene rings is 1. The highest BCUT2D eigenvalue weighted by atomic mass is 16.5. The number of nitrogens with one attached hydrogen (secondary N) is 1. The maximum atomic E-state index is 5.43.